The number of hydrogen-bond acceptors (Lipinski definition) is 7. The summed E-state index contributed by atoms with van der Waals surface area (Å²) < 4.78 is 83.3. The number of ether oxygens (including phenoxy) is 1. The highest BCUT2D eigenvalue weighted by molar-refractivity contribution is 8.00. The molecular weight excluding hydrogens is 602 g/mol. The number of rotatable bonds is 10. The van der Waals surface area contributed by atoms with E-state index in [9.17, 15) is 41.0 Å². The molecule has 1 heterocycles. The lowest BCUT2D eigenvalue weighted by Gasteiger charge is -2.30. The number of fused-ring (bicyclic) bond motifs is 1. The van der Waals surface area contributed by atoms with E-state index in [1.807, 2.05) is 20.8 Å². The number of nitrogens with zero attached hydrogens (tertiary/aromatic N) is 1. The summed E-state index contributed by atoms with van der Waals surface area (Å²) in [7, 11) is 0. The lowest BCUT2D eigenvalue weighted by Crippen LogP contribution is -2.49. The summed E-state index contributed by atoms with van der Waals surface area (Å²) in [6, 6.07) is -0.113. The number of carbonyl (C=O) groups excluding carboxylic acids is 2. The number of carbonyl (C=O) groups is 2. The topological polar surface area (TPSA) is 113 Å². The van der Waals surface area contributed by atoms with E-state index in [-0.39, 0.29) is 24.4 Å². The van der Waals surface area contributed by atoms with Gasteiger partial charge in [-0.05, 0) is 56.7 Å². The second-order valence-corrected chi connectivity index (χ2v) is 13.6. The standard InChI is InChI=1S/C28H40F6N4O4S/c1-15-8-20(38-22-18(15)9-16(36-14-27(29,30)31)10-19(22)25(2,3)4)23(40)35-11-17(37-24(41)42-26(5,6)7)13-43-21(12-39)28(32,33)34/h8-9,16-17,21,36,39H,10-14H2,1-7H3,(H,35,40)(H,37,41)/t16?,17-,21?/m1/s1. The summed E-state index contributed by atoms with van der Waals surface area (Å²) >= 11 is 0.378. The molecular formula is C28H40F6N4O4S. The number of aliphatic hydroxyl groups is 1. The summed E-state index contributed by atoms with van der Waals surface area (Å²) in [5.74, 6) is -0.962. The van der Waals surface area contributed by atoms with Crippen LogP contribution in [0.4, 0.5) is 31.1 Å². The largest absolute Gasteiger partial charge is 0.444 e. The summed E-state index contributed by atoms with van der Waals surface area (Å²) in [4.78, 5) is 30.1. The molecule has 15 heteroatoms. The van der Waals surface area contributed by atoms with Crippen LogP contribution in [0.15, 0.2) is 6.07 Å². The molecule has 2 amide bonds. The number of aliphatic hydroxyl groups excluding tert-OH is 1. The van der Waals surface area contributed by atoms with Crippen molar-refractivity contribution < 1.29 is 45.8 Å². The van der Waals surface area contributed by atoms with Crippen molar-refractivity contribution in [1.29, 1.82) is 0 Å². The van der Waals surface area contributed by atoms with Gasteiger partial charge in [0.1, 0.15) is 16.5 Å². The van der Waals surface area contributed by atoms with Gasteiger partial charge in [-0.25, -0.2) is 9.78 Å². The van der Waals surface area contributed by atoms with Gasteiger partial charge in [0.05, 0.1) is 24.5 Å². The molecule has 2 rings (SSSR count). The molecule has 8 nitrogen and oxygen atoms in total. The smallest absolute Gasteiger partial charge is 0.407 e. The molecule has 0 spiro atoms. The van der Waals surface area contributed by atoms with Gasteiger partial charge in [0.25, 0.3) is 5.91 Å². The van der Waals surface area contributed by atoms with Crippen LogP contribution in [0.5, 0.6) is 0 Å². The van der Waals surface area contributed by atoms with Crippen molar-refractivity contribution >= 4 is 35.4 Å². The van der Waals surface area contributed by atoms with Crippen molar-refractivity contribution in [3.63, 3.8) is 0 Å². The quantitative estimate of drug-likeness (QED) is 0.289. The average molecular weight is 643 g/mol. The third-order valence-corrected chi connectivity index (χ3v) is 7.72. The van der Waals surface area contributed by atoms with E-state index < -0.39 is 65.9 Å². The minimum atomic E-state index is -4.68. The maximum atomic E-state index is 13.2. The zero-order chi connectivity index (χ0) is 33.0. The van der Waals surface area contributed by atoms with Crippen LogP contribution in [0.2, 0.25) is 0 Å². The molecule has 0 bridgehead atoms. The summed E-state index contributed by atoms with van der Waals surface area (Å²) in [6.07, 6.45) is -8.05. The van der Waals surface area contributed by atoms with Crippen molar-refractivity contribution in [3.05, 3.63) is 27.9 Å². The fourth-order valence-electron chi connectivity index (χ4n) is 4.27. The van der Waals surface area contributed by atoms with Crippen LogP contribution >= 0.6 is 11.8 Å². The fourth-order valence-corrected chi connectivity index (χ4v) is 5.23. The van der Waals surface area contributed by atoms with Crippen molar-refractivity contribution in [2.45, 2.75) is 90.2 Å². The summed E-state index contributed by atoms with van der Waals surface area (Å²) in [6.45, 7) is 9.64. The Kier molecular flexibility index (Phi) is 12.0. The lowest BCUT2D eigenvalue weighted by molar-refractivity contribution is -0.135. The zero-order valence-electron chi connectivity index (χ0n) is 25.2. The molecule has 43 heavy (non-hydrogen) atoms. The second-order valence-electron chi connectivity index (χ2n) is 12.4. The highest BCUT2D eigenvalue weighted by atomic mass is 32.2. The third-order valence-electron chi connectivity index (χ3n) is 6.31. The van der Waals surface area contributed by atoms with E-state index in [0.717, 1.165) is 5.57 Å². The first-order valence-electron chi connectivity index (χ1n) is 13.6. The van der Waals surface area contributed by atoms with E-state index in [4.69, 9.17) is 4.74 Å². The molecule has 2 unspecified atom stereocenters. The Morgan fingerprint density at radius 3 is 2.26 bits per heavy atom. The highest BCUT2D eigenvalue weighted by Gasteiger charge is 2.40. The molecule has 1 aromatic heterocycles. The van der Waals surface area contributed by atoms with Crippen molar-refractivity contribution in [2.24, 2.45) is 5.41 Å². The number of amides is 2. The fraction of sp³-hybridized carbons (Fsp3) is 0.679. The summed E-state index contributed by atoms with van der Waals surface area (Å²) in [5, 5.41) is 15.8. The number of nitrogens with one attached hydrogen (secondary N) is 3. The van der Waals surface area contributed by atoms with Gasteiger partial charge >= 0.3 is 18.4 Å². The second kappa shape index (κ2) is 14.1. The first kappa shape index (κ1) is 36.7. The van der Waals surface area contributed by atoms with Crippen LogP contribution in [0.1, 0.15) is 64.0 Å². The number of aryl methyl sites for hydroxylation is 1. The molecule has 0 saturated heterocycles. The van der Waals surface area contributed by atoms with E-state index >= 15 is 0 Å². The van der Waals surface area contributed by atoms with Gasteiger partial charge in [0.2, 0.25) is 0 Å². The van der Waals surface area contributed by atoms with Crippen LogP contribution in [0, 0.1) is 12.3 Å². The number of thioether (sulfide) groups is 1. The number of halogens is 6. The van der Waals surface area contributed by atoms with Crippen LogP contribution in [-0.4, -0.2) is 82.8 Å². The van der Waals surface area contributed by atoms with E-state index in [0.29, 0.717) is 27.9 Å². The third kappa shape index (κ3) is 11.8. The number of aromatic nitrogens is 1. The van der Waals surface area contributed by atoms with Gasteiger partial charge < -0.3 is 25.8 Å². The van der Waals surface area contributed by atoms with Gasteiger partial charge in [-0.3, -0.25) is 4.79 Å². The molecule has 0 radical (unpaired) electrons. The normalized spacial score (nSPS) is 17.4. The minimum absolute atomic E-state index is 0.000276. The van der Waals surface area contributed by atoms with Gasteiger partial charge in [-0.2, -0.15) is 26.3 Å². The molecule has 4 N–H and O–H groups in total. The number of pyridine rings is 1. The first-order valence-corrected chi connectivity index (χ1v) is 14.6. The molecule has 244 valence electrons. The SMILES string of the molecule is Cc1cc(C(=O)NC[C@H](CSC(CO)C(F)(F)F)NC(=O)OC(C)(C)C)nc2c1=CC(NCC(F)(F)F)CC=2C(C)(C)C. The molecule has 1 aliphatic rings. The zero-order valence-corrected chi connectivity index (χ0v) is 26.0. The number of hydrogen-bond donors (Lipinski definition) is 4. The molecule has 1 aromatic rings. The number of alkyl halides is 6. The van der Waals surface area contributed by atoms with Gasteiger partial charge in [-0.15, -0.1) is 11.8 Å². The maximum Gasteiger partial charge on any atom is 0.407 e. The molecule has 0 aromatic carbocycles. The van der Waals surface area contributed by atoms with Crippen molar-refractivity contribution in [3.8, 4) is 0 Å². The maximum absolute atomic E-state index is 13.2. The molecule has 1 aliphatic carbocycles. The molecule has 0 aliphatic heterocycles. The Labute approximate surface area is 251 Å². The summed E-state index contributed by atoms with van der Waals surface area (Å²) in [5.41, 5.74) is -0.0116. The number of alkyl carbamates (subject to hydrolysis) is 1. The molecule has 0 saturated carbocycles. The highest BCUT2D eigenvalue weighted by Crippen LogP contribution is 2.31. The lowest BCUT2D eigenvalue weighted by atomic mass is 9.79. The Morgan fingerprint density at radius 2 is 1.74 bits per heavy atom. The molecule has 3 atom stereocenters. The van der Waals surface area contributed by atoms with Crippen LogP contribution in [0.3, 0.4) is 0 Å². The minimum Gasteiger partial charge on any atom is -0.444 e. The predicted octanol–water partition coefficient (Wildman–Crippen LogP) is 3.57. The predicted molar refractivity (Wildman–Crippen MR) is 153 cm³/mol. The van der Waals surface area contributed by atoms with E-state index in [1.54, 1.807) is 33.8 Å². The van der Waals surface area contributed by atoms with Crippen LogP contribution < -0.4 is 26.5 Å². The van der Waals surface area contributed by atoms with E-state index in [2.05, 4.69) is 20.9 Å². The molecule has 0 fully saturated rings. The Balaban J connectivity index is 2.34. The van der Waals surface area contributed by atoms with E-state index in [1.165, 1.54) is 6.07 Å². The van der Waals surface area contributed by atoms with Crippen LogP contribution in [0.25, 0.3) is 11.6 Å². The van der Waals surface area contributed by atoms with Crippen LogP contribution in [-0.2, 0) is 4.74 Å². The van der Waals surface area contributed by atoms with Crippen molar-refractivity contribution in [1.82, 2.24) is 20.9 Å². The Morgan fingerprint density at radius 1 is 1.12 bits per heavy atom. The Bertz CT molecular complexity index is 1270. The first-order chi connectivity index (χ1) is 19.5. The van der Waals surface area contributed by atoms with Gasteiger partial charge in [-0.1, -0.05) is 26.8 Å². The monoisotopic (exact) mass is 642 g/mol. The average Bonchev–Trinajstić information content (AvgIpc) is 2.82. The van der Waals surface area contributed by atoms with Gasteiger partial charge in [0.15, 0.2) is 0 Å². The van der Waals surface area contributed by atoms with Crippen molar-refractivity contribution in [2.75, 3.05) is 25.4 Å². The Hall–Kier alpha value is -2.52. The van der Waals surface area contributed by atoms with Gasteiger partial charge in [0, 0.05) is 23.6 Å².